The van der Waals surface area contributed by atoms with Gasteiger partial charge in [0.05, 0.1) is 0 Å². The second-order valence-electron chi connectivity index (χ2n) is 5.28. The monoisotopic (exact) mass is 283 g/mol. The molecule has 0 unspecified atom stereocenters. The molecule has 2 atom stereocenters. The van der Waals surface area contributed by atoms with Crippen LogP contribution in [0.15, 0.2) is 0 Å². The normalized spacial score (nSPS) is 19.3. The van der Waals surface area contributed by atoms with Gasteiger partial charge in [-0.3, -0.25) is 0 Å². The molecule has 0 spiro atoms. The molecule has 1 fully saturated rings. The van der Waals surface area contributed by atoms with E-state index in [1.807, 2.05) is 13.8 Å². The molecule has 2 N–H and O–H groups in total. The maximum atomic E-state index is 11.3. The fourth-order valence-corrected chi connectivity index (χ4v) is 3.14. The summed E-state index contributed by atoms with van der Waals surface area (Å²) >= 11 is 1.27. The first-order valence-corrected chi connectivity index (χ1v) is 7.72. The number of hydrogen-bond donors (Lipinski definition) is 2. The van der Waals surface area contributed by atoms with Crippen LogP contribution in [-0.4, -0.2) is 26.5 Å². The van der Waals surface area contributed by atoms with E-state index in [-0.39, 0.29) is 5.92 Å². The third kappa shape index (κ3) is 3.43. The van der Waals surface area contributed by atoms with Gasteiger partial charge in [-0.2, -0.15) is 4.37 Å². The summed E-state index contributed by atoms with van der Waals surface area (Å²) < 4.78 is 4.37. The molecule has 0 bridgehead atoms. The SMILES string of the molecule is CC[C@H](C)[C@H](Nc1nc(C2CCCC2)ns1)C(=O)O. The summed E-state index contributed by atoms with van der Waals surface area (Å²) in [7, 11) is 0. The number of anilines is 1. The van der Waals surface area contributed by atoms with Crippen molar-refractivity contribution in [2.45, 2.75) is 57.9 Å². The molecule has 1 aliphatic rings. The van der Waals surface area contributed by atoms with Crippen LogP contribution in [0.25, 0.3) is 0 Å². The lowest BCUT2D eigenvalue weighted by Gasteiger charge is -2.19. The lowest BCUT2D eigenvalue weighted by Crippen LogP contribution is -2.35. The fourth-order valence-electron chi connectivity index (χ4n) is 2.46. The van der Waals surface area contributed by atoms with Crippen molar-refractivity contribution in [3.8, 4) is 0 Å². The highest BCUT2D eigenvalue weighted by atomic mass is 32.1. The largest absolute Gasteiger partial charge is 0.480 e. The molecule has 1 saturated carbocycles. The number of aromatic nitrogens is 2. The summed E-state index contributed by atoms with van der Waals surface area (Å²) in [4.78, 5) is 15.7. The Morgan fingerprint density at radius 1 is 1.53 bits per heavy atom. The number of hydrogen-bond acceptors (Lipinski definition) is 5. The highest BCUT2D eigenvalue weighted by Gasteiger charge is 2.26. The van der Waals surface area contributed by atoms with Crippen LogP contribution in [-0.2, 0) is 4.79 Å². The Morgan fingerprint density at radius 3 is 2.79 bits per heavy atom. The number of nitrogens with zero attached hydrogens (tertiary/aromatic N) is 2. The number of carboxylic acid groups (broad SMARTS) is 1. The Labute approximate surface area is 117 Å². The number of nitrogens with one attached hydrogen (secondary N) is 1. The highest BCUT2D eigenvalue weighted by molar-refractivity contribution is 7.09. The number of aliphatic carboxylic acids is 1. The van der Waals surface area contributed by atoms with Crippen molar-refractivity contribution in [1.82, 2.24) is 9.36 Å². The van der Waals surface area contributed by atoms with Crippen LogP contribution in [0.5, 0.6) is 0 Å². The lowest BCUT2D eigenvalue weighted by atomic mass is 10.00. The maximum Gasteiger partial charge on any atom is 0.326 e. The van der Waals surface area contributed by atoms with Crippen LogP contribution in [0.3, 0.4) is 0 Å². The summed E-state index contributed by atoms with van der Waals surface area (Å²) in [6.45, 7) is 3.93. The van der Waals surface area contributed by atoms with Crippen molar-refractivity contribution in [3.05, 3.63) is 5.82 Å². The van der Waals surface area contributed by atoms with E-state index < -0.39 is 12.0 Å². The Morgan fingerprint density at radius 2 is 2.21 bits per heavy atom. The Balaban J connectivity index is 2.03. The van der Waals surface area contributed by atoms with Crippen molar-refractivity contribution in [2.75, 3.05) is 5.32 Å². The van der Waals surface area contributed by atoms with Crippen molar-refractivity contribution >= 4 is 22.6 Å². The minimum absolute atomic E-state index is 0.0660. The maximum absolute atomic E-state index is 11.3. The Kier molecular flexibility index (Phi) is 4.74. The molecule has 0 aliphatic heterocycles. The molecule has 1 aliphatic carbocycles. The number of rotatable bonds is 6. The van der Waals surface area contributed by atoms with Gasteiger partial charge in [-0.25, -0.2) is 9.78 Å². The van der Waals surface area contributed by atoms with Crippen molar-refractivity contribution in [2.24, 2.45) is 5.92 Å². The van der Waals surface area contributed by atoms with Gasteiger partial charge in [-0.15, -0.1) is 0 Å². The molecule has 0 amide bonds. The lowest BCUT2D eigenvalue weighted by molar-refractivity contribution is -0.139. The average molecular weight is 283 g/mol. The van der Waals surface area contributed by atoms with Crippen LogP contribution in [0, 0.1) is 5.92 Å². The second kappa shape index (κ2) is 6.32. The first-order valence-electron chi connectivity index (χ1n) is 6.94. The van der Waals surface area contributed by atoms with Gasteiger partial charge in [-0.1, -0.05) is 33.1 Å². The molecular formula is C13H21N3O2S. The van der Waals surface area contributed by atoms with Gasteiger partial charge in [0.1, 0.15) is 11.9 Å². The zero-order valence-corrected chi connectivity index (χ0v) is 12.2. The summed E-state index contributed by atoms with van der Waals surface area (Å²) in [5.41, 5.74) is 0. The molecule has 0 radical (unpaired) electrons. The standard InChI is InChI=1S/C13H21N3O2S/c1-3-8(2)10(12(17)18)14-13-15-11(16-19-13)9-6-4-5-7-9/h8-10H,3-7H2,1-2H3,(H,17,18)(H,14,15,16)/t8-,10-/m0/s1. The van der Waals surface area contributed by atoms with Crippen molar-refractivity contribution in [3.63, 3.8) is 0 Å². The van der Waals surface area contributed by atoms with Crippen LogP contribution < -0.4 is 5.32 Å². The van der Waals surface area contributed by atoms with Crippen LogP contribution >= 0.6 is 11.5 Å². The first kappa shape index (κ1) is 14.2. The fraction of sp³-hybridized carbons (Fsp3) is 0.769. The summed E-state index contributed by atoms with van der Waals surface area (Å²) in [5, 5.41) is 12.9. The summed E-state index contributed by atoms with van der Waals surface area (Å²) in [6.07, 6.45) is 5.63. The molecule has 2 rings (SSSR count). The van der Waals surface area contributed by atoms with Gasteiger partial charge >= 0.3 is 5.97 Å². The predicted octanol–water partition coefficient (Wildman–Crippen LogP) is 3.11. The Hall–Kier alpha value is -1.17. The van der Waals surface area contributed by atoms with Crippen LogP contribution in [0.1, 0.15) is 57.7 Å². The van der Waals surface area contributed by atoms with Gasteiger partial charge in [0.25, 0.3) is 0 Å². The van der Waals surface area contributed by atoms with Gasteiger partial charge in [0, 0.05) is 17.5 Å². The third-order valence-corrected chi connectivity index (χ3v) is 4.58. The van der Waals surface area contributed by atoms with E-state index in [9.17, 15) is 9.90 Å². The molecule has 1 aromatic heterocycles. The smallest absolute Gasteiger partial charge is 0.326 e. The van der Waals surface area contributed by atoms with Crippen molar-refractivity contribution in [1.29, 1.82) is 0 Å². The average Bonchev–Trinajstić information content (AvgIpc) is 3.05. The van der Waals surface area contributed by atoms with Gasteiger partial charge in [-0.05, 0) is 18.8 Å². The third-order valence-electron chi connectivity index (χ3n) is 3.92. The minimum Gasteiger partial charge on any atom is -0.480 e. The van der Waals surface area contributed by atoms with Gasteiger partial charge in [0.15, 0.2) is 0 Å². The van der Waals surface area contributed by atoms with Crippen molar-refractivity contribution < 1.29 is 9.90 Å². The number of carboxylic acids is 1. The topological polar surface area (TPSA) is 75.1 Å². The highest BCUT2D eigenvalue weighted by Crippen LogP contribution is 2.33. The van der Waals surface area contributed by atoms with E-state index in [1.54, 1.807) is 0 Å². The summed E-state index contributed by atoms with van der Waals surface area (Å²) in [5.74, 6) is 0.597. The molecular weight excluding hydrogens is 262 g/mol. The van der Waals surface area contributed by atoms with E-state index in [0.717, 1.165) is 25.1 Å². The van der Waals surface area contributed by atoms with Crippen LogP contribution in [0.2, 0.25) is 0 Å². The molecule has 19 heavy (non-hydrogen) atoms. The van der Waals surface area contributed by atoms with E-state index in [1.165, 1.54) is 24.4 Å². The number of carbonyl (C=O) groups is 1. The second-order valence-corrected chi connectivity index (χ2v) is 6.04. The minimum atomic E-state index is -0.827. The molecule has 1 aromatic rings. The van der Waals surface area contributed by atoms with E-state index in [2.05, 4.69) is 14.7 Å². The van der Waals surface area contributed by atoms with E-state index >= 15 is 0 Å². The molecule has 0 aromatic carbocycles. The Bertz CT molecular complexity index is 429. The molecule has 106 valence electrons. The first-order chi connectivity index (χ1) is 9.11. The van der Waals surface area contributed by atoms with Gasteiger partial charge < -0.3 is 10.4 Å². The van der Waals surface area contributed by atoms with E-state index in [4.69, 9.17) is 0 Å². The molecule has 1 heterocycles. The molecule has 0 saturated heterocycles. The molecule has 6 heteroatoms. The summed E-state index contributed by atoms with van der Waals surface area (Å²) in [6, 6.07) is -0.589. The van der Waals surface area contributed by atoms with E-state index in [0.29, 0.717) is 11.0 Å². The zero-order valence-electron chi connectivity index (χ0n) is 11.4. The zero-order chi connectivity index (χ0) is 13.8. The molecule has 5 nitrogen and oxygen atoms in total. The van der Waals surface area contributed by atoms with Crippen LogP contribution in [0.4, 0.5) is 5.13 Å². The quantitative estimate of drug-likeness (QED) is 0.839. The predicted molar refractivity (Wildman–Crippen MR) is 75.6 cm³/mol. The van der Waals surface area contributed by atoms with Gasteiger partial charge in [0.2, 0.25) is 5.13 Å².